The zero-order chi connectivity index (χ0) is 12.1. The summed E-state index contributed by atoms with van der Waals surface area (Å²) < 4.78 is 5.02. The third-order valence-electron chi connectivity index (χ3n) is 2.08. The molecule has 0 spiro atoms. The van der Waals surface area contributed by atoms with E-state index in [-0.39, 0.29) is 12.4 Å². The molecule has 0 amide bonds. The normalized spacial score (nSPS) is 10.4. The second-order valence-corrected chi connectivity index (χ2v) is 5.32. The average Bonchev–Trinajstić information content (AvgIpc) is 2.95. The highest BCUT2D eigenvalue weighted by molar-refractivity contribution is 7.20. The highest BCUT2D eigenvalue weighted by Gasteiger charge is 2.10. The number of thiophene rings is 1. The smallest absolute Gasteiger partial charge is 0.311 e. The van der Waals surface area contributed by atoms with Crippen molar-refractivity contribution in [3.05, 3.63) is 28.6 Å². The van der Waals surface area contributed by atoms with Gasteiger partial charge in [0.1, 0.15) is 5.01 Å². The lowest BCUT2D eigenvalue weighted by Gasteiger charge is -2.00. The third-order valence-corrected chi connectivity index (χ3v) is 4.01. The molecule has 0 fully saturated rings. The summed E-state index contributed by atoms with van der Waals surface area (Å²) in [7, 11) is 0. The lowest BCUT2D eigenvalue weighted by Crippen LogP contribution is -2.08. The van der Waals surface area contributed by atoms with Gasteiger partial charge in [0.25, 0.3) is 0 Å². The van der Waals surface area contributed by atoms with Crippen molar-refractivity contribution in [3.8, 4) is 9.88 Å². The minimum absolute atomic E-state index is 0.199. The second kappa shape index (κ2) is 5.93. The Morgan fingerprint density at radius 1 is 1.47 bits per heavy atom. The van der Waals surface area contributed by atoms with Crippen molar-refractivity contribution in [3.63, 3.8) is 0 Å². The first-order chi connectivity index (χ1) is 8.29. The first-order valence-electron chi connectivity index (χ1n) is 5.43. The molecule has 90 valence electrons. The van der Waals surface area contributed by atoms with Crippen LogP contribution in [0, 0.1) is 0 Å². The summed E-state index contributed by atoms with van der Waals surface area (Å²) in [6.45, 7) is 2.46. The van der Waals surface area contributed by atoms with E-state index in [9.17, 15) is 4.79 Å². The number of ether oxygens (including phenoxy) is 1. The van der Waals surface area contributed by atoms with Crippen molar-refractivity contribution in [2.45, 2.75) is 19.8 Å². The molecule has 17 heavy (non-hydrogen) atoms. The van der Waals surface area contributed by atoms with Crippen LogP contribution in [0.2, 0.25) is 0 Å². The molecule has 0 aliphatic rings. The number of carbonyl (C=O) groups is 1. The Kier molecular flexibility index (Phi) is 4.28. The zero-order valence-corrected chi connectivity index (χ0v) is 11.1. The SMILES string of the molecule is CCCOC(=O)Cc1csc(-c2cccs2)n1. The molecule has 0 unspecified atom stereocenters. The maximum atomic E-state index is 11.4. The van der Waals surface area contributed by atoms with E-state index in [2.05, 4.69) is 4.98 Å². The molecule has 5 heteroatoms. The van der Waals surface area contributed by atoms with E-state index < -0.39 is 0 Å². The molecule has 2 heterocycles. The van der Waals surface area contributed by atoms with Crippen molar-refractivity contribution < 1.29 is 9.53 Å². The molecule has 2 aromatic heterocycles. The molecule has 0 aliphatic heterocycles. The van der Waals surface area contributed by atoms with Crippen LogP contribution in [-0.2, 0) is 16.0 Å². The van der Waals surface area contributed by atoms with Gasteiger partial charge < -0.3 is 4.74 Å². The summed E-state index contributed by atoms with van der Waals surface area (Å²) in [5.74, 6) is -0.199. The molecule has 0 radical (unpaired) electrons. The number of hydrogen-bond donors (Lipinski definition) is 0. The fourth-order valence-electron chi connectivity index (χ4n) is 1.32. The summed E-state index contributed by atoms with van der Waals surface area (Å²) in [5.41, 5.74) is 0.791. The monoisotopic (exact) mass is 267 g/mol. The van der Waals surface area contributed by atoms with Gasteiger partial charge in [-0.2, -0.15) is 0 Å². The molecule has 0 bridgehead atoms. The van der Waals surface area contributed by atoms with Crippen molar-refractivity contribution in [2.24, 2.45) is 0 Å². The summed E-state index contributed by atoms with van der Waals surface area (Å²) in [6.07, 6.45) is 1.12. The lowest BCUT2D eigenvalue weighted by molar-refractivity contribution is -0.142. The first kappa shape index (κ1) is 12.3. The van der Waals surface area contributed by atoms with Gasteiger partial charge in [0.2, 0.25) is 0 Å². The van der Waals surface area contributed by atoms with Crippen LogP contribution in [0.1, 0.15) is 19.0 Å². The van der Waals surface area contributed by atoms with Gasteiger partial charge >= 0.3 is 5.97 Å². The minimum atomic E-state index is -0.199. The first-order valence-corrected chi connectivity index (χ1v) is 7.19. The standard InChI is InChI=1S/C12H13NO2S2/c1-2-5-15-11(14)7-9-8-17-12(13-9)10-4-3-6-16-10/h3-4,6,8H,2,5,7H2,1H3. The number of hydrogen-bond acceptors (Lipinski definition) is 5. The number of aromatic nitrogens is 1. The van der Waals surface area contributed by atoms with E-state index >= 15 is 0 Å². The highest BCUT2D eigenvalue weighted by Crippen LogP contribution is 2.27. The van der Waals surface area contributed by atoms with E-state index in [1.807, 2.05) is 29.8 Å². The third kappa shape index (κ3) is 3.38. The molecule has 0 aromatic carbocycles. The number of rotatable bonds is 5. The largest absolute Gasteiger partial charge is 0.465 e. The topological polar surface area (TPSA) is 39.2 Å². The van der Waals surface area contributed by atoms with Crippen LogP contribution in [0.15, 0.2) is 22.9 Å². The summed E-state index contributed by atoms with van der Waals surface area (Å²) in [6, 6.07) is 4.03. The van der Waals surface area contributed by atoms with Crippen molar-refractivity contribution in [1.82, 2.24) is 4.98 Å². The molecule has 0 atom stereocenters. The second-order valence-electron chi connectivity index (χ2n) is 3.52. The maximum absolute atomic E-state index is 11.4. The van der Waals surface area contributed by atoms with E-state index in [1.165, 1.54) is 0 Å². The van der Waals surface area contributed by atoms with Crippen LogP contribution in [0.3, 0.4) is 0 Å². The van der Waals surface area contributed by atoms with Crippen LogP contribution in [0.4, 0.5) is 0 Å². The summed E-state index contributed by atoms with van der Waals surface area (Å²) >= 11 is 3.22. The Labute approximate surface area is 108 Å². The van der Waals surface area contributed by atoms with Crippen LogP contribution >= 0.6 is 22.7 Å². The predicted molar refractivity (Wildman–Crippen MR) is 70.4 cm³/mol. The number of carbonyl (C=O) groups excluding carboxylic acids is 1. The van der Waals surface area contributed by atoms with Crippen molar-refractivity contribution in [1.29, 1.82) is 0 Å². The minimum Gasteiger partial charge on any atom is -0.465 e. The van der Waals surface area contributed by atoms with Gasteiger partial charge in [-0.25, -0.2) is 4.98 Å². The van der Waals surface area contributed by atoms with Crippen LogP contribution in [-0.4, -0.2) is 17.6 Å². The molecular weight excluding hydrogens is 254 g/mol. The summed E-state index contributed by atoms with van der Waals surface area (Å²) in [4.78, 5) is 17.0. The number of esters is 1. The molecule has 0 saturated carbocycles. The van der Waals surface area contributed by atoms with Gasteiger partial charge in [-0.05, 0) is 17.9 Å². The van der Waals surface area contributed by atoms with Crippen molar-refractivity contribution >= 4 is 28.6 Å². The zero-order valence-electron chi connectivity index (χ0n) is 9.51. The molecule has 0 saturated heterocycles. The molecule has 2 rings (SSSR count). The van der Waals surface area contributed by atoms with Gasteiger partial charge in [0.15, 0.2) is 0 Å². The van der Waals surface area contributed by atoms with Gasteiger partial charge in [-0.1, -0.05) is 13.0 Å². The van der Waals surface area contributed by atoms with E-state index in [0.717, 1.165) is 22.0 Å². The molecule has 3 nitrogen and oxygen atoms in total. The van der Waals surface area contributed by atoms with Gasteiger partial charge in [-0.15, -0.1) is 22.7 Å². The van der Waals surface area contributed by atoms with Gasteiger partial charge in [-0.3, -0.25) is 4.79 Å². The van der Waals surface area contributed by atoms with Crippen molar-refractivity contribution in [2.75, 3.05) is 6.61 Å². The Balaban J connectivity index is 1.97. The Morgan fingerprint density at radius 3 is 3.06 bits per heavy atom. The Hall–Kier alpha value is -1.20. The molecule has 0 N–H and O–H groups in total. The fourth-order valence-corrected chi connectivity index (χ4v) is 2.95. The molecule has 2 aromatic rings. The maximum Gasteiger partial charge on any atom is 0.311 e. The van der Waals surface area contributed by atoms with Crippen LogP contribution in [0.25, 0.3) is 9.88 Å². The van der Waals surface area contributed by atoms with Gasteiger partial charge in [0.05, 0.1) is 23.6 Å². The molecule has 0 aliphatic carbocycles. The van der Waals surface area contributed by atoms with Crippen LogP contribution in [0.5, 0.6) is 0 Å². The fraction of sp³-hybridized carbons (Fsp3) is 0.333. The number of nitrogens with zero attached hydrogens (tertiary/aromatic N) is 1. The van der Waals surface area contributed by atoms with E-state index in [1.54, 1.807) is 22.7 Å². The summed E-state index contributed by atoms with van der Waals surface area (Å²) in [5, 5.41) is 4.91. The number of thiazole rings is 1. The average molecular weight is 267 g/mol. The van der Waals surface area contributed by atoms with E-state index in [4.69, 9.17) is 4.74 Å². The highest BCUT2D eigenvalue weighted by atomic mass is 32.1. The Morgan fingerprint density at radius 2 is 2.35 bits per heavy atom. The van der Waals surface area contributed by atoms with E-state index in [0.29, 0.717) is 6.61 Å². The molecular formula is C12H13NO2S2. The quantitative estimate of drug-likeness (QED) is 0.780. The predicted octanol–water partition coefficient (Wildman–Crippen LogP) is 3.37. The van der Waals surface area contributed by atoms with Crippen LogP contribution < -0.4 is 0 Å². The Bertz CT molecular complexity index is 476. The lowest BCUT2D eigenvalue weighted by atomic mass is 10.3. The van der Waals surface area contributed by atoms with Gasteiger partial charge in [0, 0.05) is 5.38 Å².